The van der Waals surface area contributed by atoms with Gasteiger partial charge in [0.15, 0.2) is 0 Å². The number of rotatable bonds is 5. The number of amides is 2. The molecule has 1 N–H and O–H groups in total. The Kier molecular flexibility index (Phi) is 6.07. The van der Waals surface area contributed by atoms with Crippen LogP contribution in [0.15, 0.2) is 48.5 Å². The summed E-state index contributed by atoms with van der Waals surface area (Å²) in [5.74, 6) is 0.0592. The number of anilines is 1. The quantitative estimate of drug-likeness (QED) is 0.869. The number of nitrogens with one attached hydrogen (secondary N) is 1. The van der Waals surface area contributed by atoms with Crippen LogP contribution in [0.4, 0.5) is 5.69 Å². The first kappa shape index (κ1) is 19.6. The molecule has 2 aromatic rings. The standard InChI is InChI=1S/C22H23N3O3/c1-15(2)17-6-8-19(9-7-17)25-13-20(28-14-21(25)26)12-24-22(27)18-5-3-4-16(10-18)11-23/h3-10,15,20H,12-14H2,1-2H3,(H,24,27). The van der Waals surface area contributed by atoms with Gasteiger partial charge in [-0.3, -0.25) is 9.59 Å². The Morgan fingerprint density at radius 3 is 2.71 bits per heavy atom. The second-order valence-electron chi connectivity index (χ2n) is 7.09. The fraction of sp³-hybridized carbons (Fsp3) is 0.318. The van der Waals surface area contributed by atoms with Crippen LogP contribution in [0.2, 0.25) is 0 Å². The fourth-order valence-corrected chi connectivity index (χ4v) is 3.08. The lowest BCUT2D eigenvalue weighted by molar-refractivity contribution is -0.129. The van der Waals surface area contributed by atoms with E-state index in [1.165, 1.54) is 5.56 Å². The molecule has 28 heavy (non-hydrogen) atoms. The van der Waals surface area contributed by atoms with E-state index in [4.69, 9.17) is 10.00 Å². The van der Waals surface area contributed by atoms with Crippen molar-refractivity contribution in [1.82, 2.24) is 5.32 Å². The lowest BCUT2D eigenvalue weighted by Crippen LogP contribution is -2.50. The summed E-state index contributed by atoms with van der Waals surface area (Å²) in [6.45, 7) is 4.89. The smallest absolute Gasteiger partial charge is 0.253 e. The predicted molar refractivity (Wildman–Crippen MR) is 106 cm³/mol. The average Bonchev–Trinajstić information content (AvgIpc) is 2.73. The highest BCUT2D eigenvalue weighted by atomic mass is 16.5. The highest BCUT2D eigenvalue weighted by Crippen LogP contribution is 2.22. The van der Waals surface area contributed by atoms with E-state index in [0.29, 0.717) is 23.6 Å². The van der Waals surface area contributed by atoms with Crippen LogP contribution in [0.25, 0.3) is 0 Å². The van der Waals surface area contributed by atoms with Gasteiger partial charge in [0.1, 0.15) is 6.61 Å². The minimum atomic E-state index is -0.300. The molecule has 1 aliphatic rings. The molecule has 0 aliphatic carbocycles. The number of carbonyl (C=O) groups is 2. The van der Waals surface area contributed by atoms with Crippen LogP contribution >= 0.6 is 0 Å². The third-order valence-electron chi connectivity index (χ3n) is 4.75. The molecule has 6 heteroatoms. The molecule has 2 amide bonds. The molecule has 0 spiro atoms. The molecule has 0 bridgehead atoms. The van der Waals surface area contributed by atoms with Crippen molar-refractivity contribution in [3.63, 3.8) is 0 Å². The third kappa shape index (κ3) is 4.56. The topological polar surface area (TPSA) is 82.4 Å². The van der Waals surface area contributed by atoms with Crippen LogP contribution in [0.1, 0.15) is 41.3 Å². The number of morpholine rings is 1. The van der Waals surface area contributed by atoms with E-state index in [-0.39, 0.29) is 31.1 Å². The zero-order chi connectivity index (χ0) is 20.1. The van der Waals surface area contributed by atoms with Gasteiger partial charge in [-0.25, -0.2) is 0 Å². The molecule has 1 unspecified atom stereocenters. The first-order valence-corrected chi connectivity index (χ1v) is 9.28. The average molecular weight is 377 g/mol. The summed E-state index contributed by atoms with van der Waals surface area (Å²) < 4.78 is 5.58. The summed E-state index contributed by atoms with van der Waals surface area (Å²) >= 11 is 0. The maximum Gasteiger partial charge on any atom is 0.253 e. The largest absolute Gasteiger partial charge is 0.365 e. The van der Waals surface area contributed by atoms with E-state index in [1.54, 1.807) is 29.2 Å². The van der Waals surface area contributed by atoms with Crippen molar-refractivity contribution in [2.45, 2.75) is 25.9 Å². The number of carbonyl (C=O) groups excluding carboxylic acids is 2. The van der Waals surface area contributed by atoms with Crippen LogP contribution in [-0.2, 0) is 9.53 Å². The Morgan fingerprint density at radius 2 is 2.04 bits per heavy atom. The van der Waals surface area contributed by atoms with Gasteiger partial charge in [-0.15, -0.1) is 0 Å². The fourth-order valence-electron chi connectivity index (χ4n) is 3.08. The van der Waals surface area contributed by atoms with Crippen molar-refractivity contribution in [2.24, 2.45) is 0 Å². The molecule has 3 rings (SSSR count). The molecular weight excluding hydrogens is 354 g/mol. The zero-order valence-electron chi connectivity index (χ0n) is 16.0. The minimum Gasteiger partial charge on any atom is -0.365 e. The minimum absolute atomic E-state index is 0.0175. The molecular formula is C22H23N3O3. The van der Waals surface area contributed by atoms with Gasteiger partial charge in [-0.2, -0.15) is 5.26 Å². The Morgan fingerprint density at radius 1 is 1.29 bits per heavy atom. The molecule has 1 fully saturated rings. The molecule has 1 atom stereocenters. The lowest BCUT2D eigenvalue weighted by Gasteiger charge is -2.33. The number of hydrogen-bond donors (Lipinski definition) is 1. The van der Waals surface area contributed by atoms with Gasteiger partial charge in [0, 0.05) is 17.8 Å². The predicted octanol–water partition coefficient (Wildman–Crippen LogP) is 2.84. The normalized spacial score (nSPS) is 16.7. The number of nitriles is 1. The van der Waals surface area contributed by atoms with E-state index >= 15 is 0 Å². The Bertz CT molecular complexity index is 900. The monoisotopic (exact) mass is 377 g/mol. The molecule has 0 saturated carbocycles. The Balaban J connectivity index is 1.62. The van der Waals surface area contributed by atoms with E-state index in [9.17, 15) is 9.59 Å². The number of nitrogens with zero attached hydrogens (tertiary/aromatic N) is 2. The Hall–Kier alpha value is -3.17. The number of hydrogen-bond acceptors (Lipinski definition) is 4. The first-order valence-electron chi connectivity index (χ1n) is 9.28. The van der Waals surface area contributed by atoms with E-state index in [2.05, 4.69) is 19.2 Å². The molecule has 0 radical (unpaired) electrons. The van der Waals surface area contributed by atoms with Gasteiger partial charge in [0.25, 0.3) is 11.8 Å². The van der Waals surface area contributed by atoms with Crippen LogP contribution < -0.4 is 10.2 Å². The van der Waals surface area contributed by atoms with Gasteiger partial charge in [0.05, 0.1) is 24.3 Å². The summed E-state index contributed by atoms with van der Waals surface area (Å²) in [5, 5.41) is 11.8. The second-order valence-corrected chi connectivity index (χ2v) is 7.09. The summed E-state index contributed by atoms with van der Waals surface area (Å²) in [7, 11) is 0. The van der Waals surface area contributed by atoms with Gasteiger partial charge in [0.2, 0.25) is 0 Å². The maximum absolute atomic E-state index is 12.3. The molecule has 1 heterocycles. The first-order chi connectivity index (χ1) is 13.5. The van der Waals surface area contributed by atoms with Crippen LogP contribution in [-0.4, -0.2) is 37.6 Å². The van der Waals surface area contributed by atoms with Crippen LogP contribution in [0.5, 0.6) is 0 Å². The molecule has 1 saturated heterocycles. The SMILES string of the molecule is CC(C)c1ccc(N2CC(CNC(=O)c3cccc(C#N)c3)OCC2=O)cc1. The van der Waals surface area contributed by atoms with Gasteiger partial charge < -0.3 is 15.0 Å². The summed E-state index contributed by atoms with van der Waals surface area (Å²) in [6.07, 6.45) is -0.300. The third-order valence-corrected chi connectivity index (χ3v) is 4.75. The summed E-state index contributed by atoms with van der Waals surface area (Å²) in [5.41, 5.74) is 2.90. The van der Waals surface area contributed by atoms with E-state index in [0.717, 1.165) is 5.69 Å². The summed E-state index contributed by atoms with van der Waals surface area (Å²) in [4.78, 5) is 26.3. The van der Waals surface area contributed by atoms with Crippen molar-refractivity contribution in [3.8, 4) is 6.07 Å². The van der Waals surface area contributed by atoms with E-state index in [1.807, 2.05) is 30.3 Å². The van der Waals surface area contributed by atoms with Crippen LogP contribution in [0, 0.1) is 11.3 Å². The maximum atomic E-state index is 12.3. The van der Waals surface area contributed by atoms with Gasteiger partial charge in [-0.05, 0) is 41.8 Å². The molecule has 2 aromatic carbocycles. The van der Waals surface area contributed by atoms with Crippen molar-refractivity contribution >= 4 is 17.5 Å². The highest BCUT2D eigenvalue weighted by molar-refractivity contribution is 5.95. The summed E-state index contributed by atoms with van der Waals surface area (Å²) in [6, 6.07) is 16.5. The van der Waals surface area contributed by atoms with Crippen LogP contribution in [0.3, 0.4) is 0 Å². The highest BCUT2D eigenvalue weighted by Gasteiger charge is 2.27. The van der Waals surface area contributed by atoms with Gasteiger partial charge in [-0.1, -0.05) is 32.0 Å². The van der Waals surface area contributed by atoms with Crippen molar-refractivity contribution in [3.05, 3.63) is 65.2 Å². The number of benzene rings is 2. The zero-order valence-corrected chi connectivity index (χ0v) is 16.0. The van der Waals surface area contributed by atoms with Crippen molar-refractivity contribution < 1.29 is 14.3 Å². The lowest BCUT2D eigenvalue weighted by atomic mass is 10.0. The van der Waals surface area contributed by atoms with E-state index < -0.39 is 0 Å². The number of ether oxygens (including phenoxy) is 1. The van der Waals surface area contributed by atoms with Crippen molar-refractivity contribution in [2.75, 3.05) is 24.6 Å². The Labute approximate surface area is 164 Å². The van der Waals surface area contributed by atoms with Crippen molar-refractivity contribution in [1.29, 1.82) is 5.26 Å². The molecule has 144 valence electrons. The second kappa shape index (κ2) is 8.68. The molecule has 1 aliphatic heterocycles. The van der Waals surface area contributed by atoms with Gasteiger partial charge >= 0.3 is 0 Å². The molecule has 0 aromatic heterocycles. The molecule has 6 nitrogen and oxygen atoms in total.